The number of aryl methyl sites for hydroxylation is 1. The Balaban J connectivity index is 1.37. The van der Waals surface area contributed by atoms with Crippen LogP contribution in [0.2, 0.25) is 0 Å². The van der Waals surface area contributed by atoms with E-state index in [1.807, 2.05) is 48.7 Å². The Kier molecular flexibility index (Phi) is 5.16. The number of benzene rings is 1. The van der Waals surface area contributed by atoms with Gasteiger partial charge in [0.25, 0.3) is 0 Å². The number of hydrogen-bond donors (Lipinski definition) is 1. The van der Waals surface area contributed by atoms with Crippen molar-refractivity contribution in [2.45, 2.75) is 19.9 Å². The zero-order chi connectivity index (χ0) is 19.5. The molecule has 0 radical (unpaired) electrons. The first-order valence-electron chi connectivity index (χ1n) is 9.08. The lowest BCUT2D eigenvalue weighted by molar-refractivity contribution is -0.128. The van der Waals surface area contributed by atoms with E-state index < -0.39 is 0 Å². The first-order chi connectivity index (χ1) is 13.6. The minimum absolute atomic E-state index is 0.0101. The monoisotopic (exact) mass is 392 g/mol. The fourth-order valence-electron chi connectivity index (χ4n) is 3.20. The Labute approximate surface area is 167 Å². The summed E-state index contributed by atoms with van der Waals surface area (Å²) < 4.78 is 0. The number of pyridine rings is 1. The lowest BCUT2D eigenvalue weighted by Gasteiger charge is -2.16. The average molecular weight is 392 g/mol. The smallest absolute Gasteiger partial charge is 0.231 e. The van der Waals surface area contributed by atoms with Gasteiger partial charge in [0.1, 0.15) is 0 Å². The molecule has 3 aromatic rings. The second-order valence-corrected chi connectivity index (χ2v) is 7.79. The minimum atomic E-state index is -0.358. The first kappa shape index (κ1) is 18.3. The number of carbonyl (C=O) groups excluding carboxylic acids is 2. The van der Waals surface area contributed by atoms with Gasteiger partial charge < -0.3 is 10.2 Å². The van der Waals surface area contributed by atoms with Gasteiger partial charge in [-0.05, 0) is 24.6 Å². The van der Waals surface area contributed by atoms with Crippen molar-refractivity contribution in [2.75, 3.05) is 11.9 Å². The highest BCUT2D eigenvalue weighted by atomic mass is 32.1. The summed E-state index contributed by atoms with van der Waals surface area (Å²) in [6.07, 6.45) is 3.68. The largest absolute Gasteiger partial charge is 0.338 e. The van der Waals surface area contributed by atoms with Crippen molar-refractivity contribution < 1.29 is 9.59 Å². The van der Waals surface area contributed by atoms with E-state index >= 15 is 0 Å². The Morgan fingerprint density at radius 1 is 1.29 bits per heavy atom. The summed E-state index contributed by atoms with van der Waals surface area (Å²) in [7, 11) is 0. The third-order valence-corrected chi connectivity index (χ3v) is 5.53. The Bertz CT molecular complexity index is 985. The highest BCUT2D eigenvalue weighted by Gasteiger charge is 2.34. The van der Waals surface area contributed by atoms with Crippen LogP contribution in [0.4, 0.5) is 5.13 Å². The van der Waals surface area contributed by atoms with Gasteiger partial charge in [0.15, 0.2) is 5.13 Å². The van der Waals surface area contributed by atoms with Crippen LogP contribution >= 0.6 is 11.3 Å². The van der Waals surface area contributed by atoms with Gasteiger partial charge in [-0.3, -0.25) is 14.6 Å². The fourth-order valence-corrected chi connectivity index (χ4v) is 3.92. The molecule has 4 rings (SSSR count). The van der Waals surface area contributed by atoms with Crippen LogP contribution < -0.4 is 5.32 Å². The Morgan fingerprint density at radius 3 is 2.86 bits per heavy atom. The second kappa shape index (κ2) is 7.90. The molecule has 142 valence electrons. The van der Waals surface area contributed by atoms with Gasteiger partial charge in [0.2, 0.25) is 11.8 Å². The van der Waals surface area contributed by atoms with Gasteiger partial charge in [0.05, 0.1) is 11.6 Å². The molecule has 6 nitrogen and oxygen atoms in total. The molecule has 7 heteroatoms. The van der Waals surface area contributed by atoms with Crippen LogP contribution in [-0.2, 0) is 16.1 Å². The summed E-state index contributed by atoms with van der Waals surface area (Å²) in [4.78, 5) is 35.2. The van der Waals surface area contributed by atoms with E-state index in [0.29, 0.717) is 18.2 Å². The molecule has 0 bridgehead atoms. The molecule has 1 atom stereocenters. The summed E-state index contributed by atoms with van der Waals surface area (Å²) in [5.41, 5.74) is 3.93. The number of rotatable bonds is 5. The molecule has 2 aromatic heterocycles. The van der Waals surface area contributed by atoms with Gasteiger partial charge in [-0.25, -0.2) is 4.98 Å². The summed E-state index contributed by atoms with van der Waals surface area (Å²) in [5.74, 6) is -0.508. The summed E-state index contributed by atoms with van der Waals surface area (Å²) in [5, 5.41) is 5.28. The van der Waals surface area contributed by atoms with Crippen LogP contribution in [0.3, 0.4) is 0 Å². The van der Waals surface area contributed by atoms with Gasteiger partial charge >= 0.3 is 0 Å². The average Bonchev–Trinajstić information content (AvgIpc) is 3.31. The molecule has 1 aliphatic heterocycles. The Morgan fingerprint density at radius 2 is 2.11 bits per heavy atom. The second-order valence-electron chi connectivity index (χ2n) is 6.93. The number of hydrogen-bond acceptors (Lipinski definition) is 5. The van der Waals surface area contributed by atoms with Gasteiger partial charge in [-0.2, -0.15) is 0 Å². The third-order valence-electron chi connectivity index (χ3n) is 4.77. The molecule has 0 aliphatic carbocycles. The maximum atomic E-state index is 12.6. The number of likely N-dealkylation sites (tertiary alicyclic amines) is 1. The zero-order valence-electron chi connectivity index (χ0n) is 15.5. The number of nitrogens with zero attached hydrogens (tertiary/aromatic N) is 3. The molecule has 28 heavy (non-hydrogen) atoms. The van der Waals surface area contributed by atoms with Crippen LogP contribution in [0.25, 0.3) is 11.3 Å². The van der Waals surface area contributed by atoms with E-state index in [1.165, 1.54) is 16.9 Å². The van der Waals surface area contributed by atoms with Crippen LogP contribution in [-0.4, -0.2) is 33.2 Å². The van der Waals surface area contributed by atoms with Gasteiger partial charge in [0, 0.05) is 42.8 Å². The summed E-state index contributed by atoms with van der Waals surface area (Å²) >= 11 is 1.37. The number of aromatic nitrogens is 2. The fraction of sp³-hybridized carbons (Fsp3) is 0.238. The van der Waals surface area contributed by atoms with E-state index in [-0.39, 0.29) is 24.2 Å². The number of anilines is 1. The van der Waals surface area contributed by atoms with Crippen molar-refractivity contribution in [1.29, 1.82) is 0 Å². The van der Waals surface area contributed by atoms with E-state index in [0.717, 1.165) is 16.8 Å². The quantitative estimate of drug-likeness (QED) is 0.721. The molecule has 1 N–H and O–H groups in total. The molecule has 1 fully saturated rings. The molecule has 1 unspecified atom stereocenters. The number of thiazole rings is 1. The van der Waals surface area contributed by atoms with Crippen molar-refractivity contribution in [1.82, 2.24) is 14.9 Å². The van der Waals surface area contributed by atoms with E-state index in [2.05, 4.69) is 15.3 Å². The van der Waals surface area contributed by atoms with E-state index in [1.54, 1.807) is 17.3 Å². The summed E-state index contributed by atoms with van der Waals surface area (Å²) in [6, 6.07) is 11.9. The number of nitrogens with one attached hydrogen (secondary N) is 1. The van der Waals surface area contributed by atoms with E-state index in [4.69, 9.17) is 0 Å². The summed E-state index contributed by atoms with van der Waals surface area (Å²) in [6.45, 7) is 2.99. The molecule has 0 spiro atoms. The topological polar surface area (TPSA) is 75.2 Å². The molecule has 2 amide bonds. The highest BCUT2D eigenvalue weighted by molar-refractivity contribution is 7.14. The van der Waals surface area contributed by atoms with Crippen molar-refractivity contribution in [3.8, 4) is 11.3 Å². The lowest BCUT2D eigenvalue weighted by atomic mass is 10.1. The van der Waals surface area contributed by atoms with Crippen molar-refractivity contribution >= 4 is 28.3 Å². The normalized spacial score (nSPS) is 16.4. The van der Waals surface area contributed by atoms with Crippen molar-refractivity contribution in [2.24, 2.45) is 5.92 Å². The van der Waals surface area contributed by atoms with Crippen LogP contribution in [0.5, 0.6) is 0 Å². The SMILES string of the molecule is Cc1ccc(CN2CC(C(=O)Nc3nc(-c4cccnc4)cs3)CC2=O)cc1. The lowest BCUT2D eigenvalue weighted by Crippen LogP contribution is -2.28. The maximum Gasteiger partial charge on any atom is 0.231 e. The molecule has 1 aromatic carbocycles. The molecular formula is C21H20N4O2S. The van der Waals surface area contributed by atoms with Crippen LogP contribution in [0.1, 0.15) is 17.5 Å². The molecule has 1 saturated heterocycles. The number of amides is 2. The Hall–Kier alpha value is -3.06. The molecular weight excluding hydrogens is 372 g/mol. The maximum absolute atomic E-state index is 12.6. The predicted molar refractivity (Wildman–Crippen MR) is 109 cm³/mol. The first-order valence-corrected chi connectivity index (χ1v) is 9.96. The zero-order valence-corrected chi connectivity index (χ0v) is 16.3. The number of carbonyl (C=O) groups is 2. The minimum Gasteiger partial charge on any atom is -0.338 e. The van der Waals surface area contributed by atoms with Gasteiger partial charge in [-0.15, -0.1) is 11.3 Å². The molecule has 3 heterocycles. The van der Waals surface area contributed by atoms with Crippen molar-refractivity contribution in [3.63, 3.8) is 0 Å². The van der Waals surface area contributed by atoms with Crippen molar-refractivity contribution in [3.05, 3.63) is 65.3 Å². The standard InChI is InChI=1S/C21H20N4O2S/c1-14-4-6-15(7-5-14)11-25-12-17(9-19(25)26)20(27)24-21-23-18(13-28-21)16-3-2-8-22-10-16/h2-8,10,13,17H,9,11-12H2,1H3,(H,23,24,27). The van der Waals surface area contributed by atoms with Gasteiger partial charge in [-0.1, -0.05) is 29.8 Å². The van der Waals surface area contributed by atoms with Crippen LogP contribution in [0, 0.1) is 12.8 Å². The third kappa shape index (κ3) is 4.09. The predicted octanol–water partition coefficient (Wildman–Crippen LogP) is 3.50. The highest BCUT2D eigenvalue weighted by Crippen LogP contribution is 2.26. The van der Waals surface area contributed by atoms with E-state index in [9.17, 15) is 9.59 Å². The molecule has 1 aliphatic rings. The molecule has 0 saturated carbocycles. The van der Waals surface area contributed by atoms with Crippen LogP contribution in [0.15, 0.2) is 54.2 Å².